The molecule has 0 N–H and O–H groups in total. The zero-order valence-electron chi connectivity index (χ0n) is 10.7. The lowest BCUT2D eigenvalue weighted by Gasteiger charge is -2.05. The van der Waals surface area contributed by atoms with Gasteiger partial charge in [0.2, 0.25) is 0 Å². The van der Waals surface area contributed by atoms with Crippen LogP contribution >= 0.6 is 0 Å². The number of hydrogen-bond acceptors (Lipinski definition) is 2. The summed E-state index contributed by atoms with van der Waals surface area (Å²) in [5.74, 6) is 0.850. The molecule has 0 unspecified atom stereocenters. The molecule has 0 amide bonds. The van der Waals surface area contributed by atoms with Crippen LogP contribution in [-0.4, -0.2) is 9.55 Å². The Morgan fingerprint density at radius 3 is 2.58 bits per heavy atom. The normalized spacial score (nSPS) is 10.5. The summed E-state index contributed by atoms with van der Waals surface area (Å²) in [6.07, 6.45) is 0. The summed E-state index contributed by atoms with van der Waals surface area (Å²) in [4.78, 5) is 4.64. The highest BCUT2D eigenvalue weighted by molar-refractivity contribution is 5.80. The van der Waals surface area contributed by atoms with E-state index in [9.17, 15) is 0 Å². The van der Waals surface area contributed by atoms with Gasteiger partial charge in [0.25, 0.3) is 0 Å². The van der Waals surface area contributed by atoms with E-state index in [0.29, 0.717) is 6.54 Å². The SMILES string of the molecule is Cc1ccc(-c2nc3ccccc3n2CC#N)cc1. The lowest BCUT2D eigenvalue weighted by molar-refractivity contribution is 0.870. The molecule has 0 atom stereocenters. The number of benzene rings is 2. The van der Waals surface area contributed by atoms with Gasteiger partial charge >= 0.3 is 0 Å². The van der Waals surface area contributed by atoms with Gasteiger partial charge in [0.15, 0.2) is 0 Å². The first-order valence-corrected chi connectivity index (χ1v) is 6.19. The summed E-state index contributed by atoms with van der Waals surface area (Å²) in [5.41, 5.74) is 4.18. The number of aryl methyl sites for hydroxylation is 1. The van der Waals surface area contributed by atoms with Gasteiger partial charge in [0.05, 0.1) is 17.1 Å². The average molecular weight is 247 g/mol. The molecule has 1 aromatic heterocycles. The van der Waals surface area contributed by atoms with Crippen molar-refractivity contribution < 1.29 is 0 Å². The molecule has 2 aromatic carbocycles. The van der Waals surface area contributed by atoms with Crippen LogP contribution in [0.5, 0.6) is 0 Å². The first kappa shape index (κ1) is 11.5. The summed E-state index contributed by atoms with van der Waals surface area (Å²) >= 11 is 0. The Labute approximate surface area is 111 Å². The molecule has 0 aliphatic heterocycles. The summed E-state index contributed by atoms with van der Waals surface area (Å²) in [6.45, 7) is 2.37. The molecule has 3 heteroatoms. The fraction of sp³-hybridized carbons (Fsp3) is 0.125. The van der Waals surface area contributed by atoms with E-state index < -0.39 is 0 Å². The largest absolute Gasteiger partial charge is 0.310 e. The second-order valence-electron chi connectivity index (χ2n) is 4.53. The molecule has 92 valence electrons. The minimum atomic E-state index is 0.309. The summed E-state index contributed by atoms with van der Waals surface area (Å²) in [6, 6.07) is 18.3. The lowest BCUT2D eigenvalue weighted by Crippen LogP contribution is -1.98. The Hall–Kier alpha value is -2.60. The molecular formula is C16H13N3. The third-order valence-electron chi connectivity index (χ3n) is 3.19. The predicted molar refractivity (Wildman–Crippen MR) is 75.5 cm³/mol. The molecule has 0 fully saturated rings. The molecule has 19 heavy (non-hydrogen) atoms. The van der Waals surface area contributed by atoms with Gasteiger partial charge in [0.1, 0.15) is 12.4 Å². The summed E-state index contributed by atoms with van der Waals surface area (Å²) in [5, 5.41) is 9.01. The van der Waals surface area contributed by atoms with E-state index in [2.05, 4.69) is 30.1 Å². The molecule has 3 rings (SSSR count). The van der Waals surface area contributed by atoms with Crippen molar-refractivity contribution in [3.05, 3.63) is 54.1 Å². The van der Waals surface area contributed by atoms with Crippen LogP contribution in [0.4, 0.5) is 0 Å². The van der Waals surface area contributed by atoms with Crippen LogP contribution in [0.15, 0.2) is 48.5 Å². The fourth-order valence-corrected chi connectivity index (χ4v) is 2.23. The van der Waals surface area contributed by atoms with E-state index >= 15 is 0 Å². The van der Waals surface area contributed by atoms with Crippen molar-refractivity contribution in [1.82, 2.24) is 9.55 Å². The summed E-state index contributed by atoms with van der Waals surface area (Å²) < 4.78 is 1.96. The number of nitrogens with zero attached hydrogens (tertiary/aromatic N) is 3. The van der Waals surface area contributed by atoms with Crippen molar-refractivity contribution in [2.45, 2.75) is 13.5 Å². The molecule has 1 heterocycles. The zero-order chi connectivity index (χ0) is 13.2. The van der Waals surface area contributed by atoms with E-state index in [1.54, 1.807) is 0 Å². The fourth-order valence-electron chi connectivity index (χ4n) is 2.23. The molecule has 0 spiro atoms. The molecule has 0 aliphatic rings. The number of imidazole rings is 1. The average Bonchev–Trinajstić information content (AvgIpc) is 2.79. The number of aromatic nitrogens is 2. The van der Waals surface area contributed by atoms with Gasteiger partial charge in [-0.25, -0.2) is 4.98 Å². The third-order valence-corrected chi connectivity index (χ3v) is 3.19. The highest BCUT2D eigenvalue weighted by Gasteiger charge is 2.11. The number of rotatable bonds is 2. The van der Waals surface area contributed by atoms with Crippen molar-refractivity contribution >= 4 is 11.0 Å². The number of hydrogen-bond donors (Lipinski definition) is 0. The van der Waals surface area contributed by atoms with E-state index in [-0.39, 0.29) is 0 Å². The van der Waals surface area contributed by atoms with E-state index in [0.717, 1.165) is 22.4 Å². The highest BCUT2D eigenvalue weighted by Crippen LogP contribution is 2.24. The van der Waals surface area contributed by atoms with Crippen LogP contribution in [-0.2, 0) is 6.54 Å². The van der Waals surface area contributed by atoms with E-state index in [4.69, 9.17) is 5.26 Å². The standard InChI is InChI=1S/C16H13N3/c1-12-6-8-13(9-7-12)16-18-14-4-2-3-5-15(14)19(16)11-10-17/h2-9H,11H2,1H3. The van der Waals surface area contributed by atoms with Gasteiger partial charge < -0.3 is 4.57 Å². The van der Waals surface area contributed by atoms with Crippen molar-refractivity contribution in [1.29, 1.82) is 5.26 Å². The second kappa shape index (κ2) is 4.58. The van der Waals surface area contributed by atoms with Gasteiger partial charge in [-0.15, -0.1) is 0 Å². The monoisotopic (exact) mass is 247 g/mol. The second-order valence-corrected chi connectivity index (χ2v) is 4.53. The molecule has 0 bridgehead atoms. The molecule has 0 radical (unpaired) electrons. The van der Waals surface area contributed by atoms with Gasteiger partial charge in [-0.05, 0) is 19.1 Å². The molecular weight excluding hydrogens is 234 g/mol. The Morgan fingerprint density at radius 2 is 1.84 bits per heavy atom. The lowest BCUT2D eigenvalue weighted by atomic mass is 10.1. The molecule has 3 nitrogen and oxygen atoms in total. The number of para-hydroxylation sites is 2. The van der Waals surface area contributed by atoms with Crippen LogP contribution in [0.25, 0.3) is 22.4 Å². The first-order chi connectivity index (χ1) is 9.29. The molecule has 0 aliphatic carbocycles. The van der Waals surface area contributed by atoms with Gasteiger partial charge in [-0.1, -0.05) is 42.0 Å². The minimum Gasteiger partial charge on any atom is -0.310 e. The van der Waals surface area contributed by atoms with Crippen molar-refractivity contribution in [2.75, 3.05) is 0 Å². The Kier molecular flexibility index (Phi) is 2.77. The van der Waals surface area contributed by atoms with Crippen LogP contribution in [0.1, 0.15) is 5.56 Å². The van der Waals surface area contributed by atoms with Crippen LogP contribution < -0.4 is 0 Å². The topological polar surface area (TPSA) is 41.6 Å². The molecule has 0 saturated carbocycles. The Balaban J connectivity index is 2.25. The first-order valence-electron chi connectivity index (χ1n) is 6.19. The van der Waals surface area contributed by atoms with Gasteiger partial charge in [-0.2, -0.15) is 5.26 Å². The van der Waals surface area contributed by atoms with Crippen LogP contribution in [0, 0.1) is 18.3 Å². The Morgan fingerprint density at radius 1 is 1.11 bits per heavy atom. The molecule has 0 saturated heterocycles. The maximum atomic E-state index is 9.01. The minimum absolute atomic E-state index is 0.309. The molecule has 3 aromatic rings. The van der Waals surface area contributed by atoms with Crippen molar-refractivity contribution in [2.24, 2.45) is 0 Å². The number of nitriles is 1. The van der Waals surface area contributed by atoms with Crippen molar-refractivity contribution in [3.8, 4) is 17.5 Å². The Bertz CT molecular complexity index is 761. The third kappa shape index (κ3) is 1.98. The van der Waals surface area contributed by atoms with Crippen LogP contribution in [0.3, 0.4) is 0 Å². The zero-order valence-corrected chi connectivity index (χ0v) is 10.7. The quantitative estimate of drug-likeness (QED) is 0.695. The van der Waals surface area contributed by atoms with Gasteiger partial charge in [0, 0.05) is 5.56 Å². The van der Waals surface area contributed by atoms with E-state index in [1.165, 1.54) is 5.56 Å². The highest BCUT2D eigenvalue weighted by atomic mass is 15.1. The van der Waals surface area contributed by atoms with Crippen LogP contribution in [0.2, 0.25) is 0 Å². The smallest absolute Gasteiger partial charge is 0.142 e. The van der Waals surface area contributed by atoms with Crippen molar-refractivity contribution in [3.63, 3.8) is 0 Å². The maximum absolute atomic E-state index is 9.01. The maximum Gasteiger partial charge on any atom is 0.142 e. The number of fused-ring (bicyclic) bond motifs is 1. The van der Waals surface area contributed by atoms with E-state index in [1.807, 2.05) is 41.0 Å². The predicted octanol–water partition coefficient (Wildman–Crippen LogP) is 3.54. The van der Waals surface area contributed by atoms with Gasteiger partial charge in [-0.3, -0.25) is 0 Å². The summed E-state index contributed by atoms with van der Waals surface area (Å²) in [7, 11) is 0.